The molecule has 1 aromatic carbocycles. The van der Waals surface area contributed by atoms with Crippen LogP contribution >= 0.6 is 23.4 Å². The van der Waals surface area contributed by atoms with Crippen LogP contribution in [-0.2, 0) is 9.59 Å². The van der Waals surface area contributed by atoms with Gasteiger partial charge in [-0.1, -0.05) is 55.1 Å². The Kier molecular flexibility index (Phi) is 5.83. The lowest BCUT2D eigenvalue weighted by molar-refractivity contribution is -0.118. The van der Waals surface area contributed by atoms with Crippen molar-refractivity contribution in [1.82, 2.24) is 5.32 Å². The van der Waals surface area contributed by atoms with Crippen LogP contribution in [0.25, 0.3) is 6.08 Å². The van der Waals surface area contributed by atoms with Crippen LogP contribution in [-0.4, -0.2) is 28.8 Å². The molecule has 4 rings (SSSR count). The summed E-state index contributed by atoms with van der Waals surface area (Å²) in [6, 6.07) is 7.61. The van der Waals surface area contributed by atoms with Gasteiger partial charge < -0.3 is 5.32 Å². The van der Waals surface area contributed by atoms with Crippen molar-refractivity contribution in [3.8, 4) is 0 Å². The van der Waals surface area contributed by atoms with Crippen molar-refractivity contribution in [3.05, 3.63) is 63.6 Å². The van der Waals surface area contributed by atoms with Gasteiger partial charge in [-0.05, 0) is 42.7 Å². The normalized spacial score (nSPS) is 23.8. The van der Waals surface area contributed by atoms with E-state index in [1.54, 1.807) is 12.1 Å². The first-order valence-electron chi connectivity index (χ1n) is 9.56. The molecule has 4 nitrogen and oxygen atoms in total. The summed E-state index contributed by atoms with van der Waals surface area (Å²) in [5.74, 6) is -0.364. The Bertz CT molecular complexity index is 926. The first-order valence-corrected chi connectivity index (χ1v) is 10.8. The van der Waals surface area contributed by atoms with Crippen molar-refractivity contribution in [2.24, 2.45) is 4.99 Å². The number of thioether (sulfide) groups is 1. The Morgan fingerprint density at radius 2 is 2.07 bits per heavy atom. The standard InChI is InChI=1S/C22H21ClN2O2S/c23-16-6-4-5-14(11-16)12-20-22(27)25-18-13-15(9-10-19(18)28-20)21(26)24-17-7-2-1-3-8-17/h4-6,9-13,17,19H,1-3,7-8H2,(H,24,26)/b20-12+. The van der Waals surface area contributed by atoms with Crippen molar-refractivity contribution >= 4 is 47.0 Å². The van der Waals surface area contributed by atoms with E-state index in [9.17, 15) is 9.59 Å². The topological polar surface area (TPSA) is 58.5 Å². The first kappa shape index (κ1) is 19.2. The number of halogens is 1. The van der Waals surface area contributed by atoms with E-state index in [1.165, 1.54) is 31.0 Å². The van der Waals surface area contributed by atoms with Gasteiger partial charge in [-0.25, -0.2) is 4.99 Å². The highest BCUT2D eigenvalue weighted by Gasteiger charge is 2.29. The number of hydrogen-bond acceptors (Lipinski definition) is 3. The number of nitrogens with zero attached hydrogens (tertiary/aromatic N) is 1. The second-order valence-electron chi connectivity index (χ2n) is 7.21. The molecule has 1 unspecified atom stereocenters. The number of carbonyl (C=O) groups is 2. The Balaban J connectivity index is 1.49. The maximum Gasteiger partial charge on any atom is 0.283 e. The van der Waals surface area contributed by atoms with Gasteiger partial charge in [0.15, 0.2) is 0 Å². The lowest BCUT2D eigenvalue weighted by Crippen LogP contribution is -2.37. The summed E-state index contributed by atoms with van der Waals surface area (Å²) in [5.41, 5.74) is 2.07. The van der Waals surface area contributed by atoms with Crippen molar-refractivity contribution in [2.45, 2.75) is 43.4 Å². The molecule has 0 spiro atoms. The molecule has 1 saturated carbocycles. The second kappa shape index (κ2) is 8.50. The molecular formula is C22H21ClN2O2S. The van der Waals surface area contributed by atoms with Crippen LogP contribution in [0.2, 0.25) is 5.02 Å². The molecule has 2 aliphatic carbocycles. The lowest BCUT2D eigenvalue weighted by Gasteiger charge is -2.25. The van der Waals surface area contributed by atoms with Gasteiger partial charge in [0.25, 0.3) is 11.8 Å². The average Bonchev–Trinajstić information content (AvgIpc) is 2.69. The summed E-state index contributed by atoms with van der Waals surface area (Å²) in [4.78, 5) is 29.8. The molecule has 3 aliphatic rings. The summed E-state index contributed by atoms with van der Waals surface area (Å²) in [6.07, 6.45) is 13.0. The Morgan fingerprint density at radius 3 is 2.86 bits per heavy atom. The molecule has 0 saturated heterocycles. The van der Waals surface area contributed by atoms with Gasteiger partial charge in [0.2, 0.25) is 0 Å². The fourth-order valence-electron chi connectivity index (χ4n) is 3.63. The molecule has 6 heteroatoms. The molecule has 0 radical (unpaired) electrons. The third-order valence-electron chi connectivity index (χ3n) is 5.09. The maximum absolute atomic E-state index is 12.6. The molecule has 1 N–H and O–H groups in total. The number of amides is 2. The molecule has 1 aromatic rings. The largest absolute Gasteiger partial charge is 0.349 e. The first-order chi connectivity index (χ1) is 13.6. The van der Waals surface area contributed by atoms with E-state index >= 15 is 0 Å². The van der Waals surface area contributed by atoms with Gasteiger partial charge in [-0.15, -0.1) is 11.8 Å². The van der Waals surface area contributed by atoms with Crippen LogP contribution in [0.3, 0.4) is 0 Å². The predicted octanol–water partition coefficient (Wildman–Crippen LogP) is 4.71. The Labute approximate surface area is 173 Å². The van der Waals surface area contributed by atoms with Crippen molar-refractivity contribution in [3.63, 3.8) is 0 Å². The summed E-state index contributed by atoms with van der Waals surface area (Å²) >= 11 is 7.47. The van der Waals surface area contributed by atoms with Gasteiger partial charge in [0.1, 0.15) is 0 Å². The Hall–Kier alpha value is -2.11. The SMILES string of the molecule is O=C(NC1CCCCC1)C1=CC2=NC(=O)/C(=C\c3cccc(Cl)c3)SC2C=C1. The van der Waals surface area contributed by atoms with Crippen molar-refractivity contribution < 1.29 is 9.59 Å². The predicted molar refractivity (Wildman–Crippen MR) is 115 cm³/mol. The number of benzene rings is 1. The summed E-state index contributed by atoms with van der Waals surface area (Å²) in [5, 5.41) is 3.68. The number of allylic oxidation sites excluding steroid dienone is 1. The molecule has 1 atom stereocenters. The van der Waals surface area contributed by atoms with Crippen LogP contribution in [0.4, 0.5) is 0 Å². The third kappa shape index (κ3) is 4.47. The van der Waals surface area contributed by atoms with E-state index in [1.807, 2.05) is 36.4 Å². The smallest absolute Gasteiger partial charge is 0.283 e. The number of carbonyl (C=O) groups excluding carboxylic acids is 2. The number of aliphatic imine (C=N–C) groups is 1. The fraction of sp³-hybridized carbons (Fsp3) is 0.318. The Morgan fingerprint density at radius 1 is 1.25 bits per heavy atom. The molecule has 144 valence electrons. The van der Waals surface area contributed by atoms with E-state index in [0.717, 1.165) is 18.4 Å². The van der Waals surface area contributed by atoms with Gasteiger partial charge in [0.05, 0.1) is 15.9 Å². The zero-order valence-electron chi connectivity index (χ0n) is 15.4. The van der Waals surface area contributed by atoms with Gasteiger partial charge in [-0.2, -0.15) is 0 Å². The molecule has 1 fully saturated rings. The summed E-state index contributed by atoms with van der Waals surface area (Å²) in [7, 11) is 0. The van der Waals surface area contributed by atoms with E-state index in [-0.39, 0.29) is 23.1 Å². The monoisotopic (exact) mass is 412 g/mol. The van der Waals surface area contributed by atoms with Crippen LogP contribution < -0.4 is 5.32 Å². The number of rotatable bonds is 3. The zero-order valence-corrected chi connectivity index (χ0v) is 16.9. The van der Waals surface area contributed by atoms with Gasteiger partial charge in [0, 0.05) is 16.6 Å². The van der Waals surface area contributed by atoms with Crippen molar-refractivity contribution in [2.75, 3.05) is 0 Å². The van der Waals surface area contributed by atoms with Crippen LogP contribution in [0.5, 0.6) is 0 Å². The van der Waals surface area contributed by atoms with Crippen LogP contribution in [0.15, 0.2) is 58.0 Å². The van der Waals surface area contributed by atoms with Crippen LogP contribution in [0, 0.1) is 0 Å². The highest BCUT2D eigenvalue weighted by atomic mass is 35.5. The molecule has 1 heterocycles. The molecule has 1 aliphatic heterocycles. The van der Waals surface area contributed by atoms with E-state index in [2.05, 4.69) is 10.3 Å². The highest BCUT2D eigenvalue weighted by Crippen LogP contribution is 2.34. The molecule has 0 aromatic heterocycles. The molecule has 2 amide bonds. The number of fused-ring (bicyclic) bond motifs is 1. The van der Waals surface area contributed by atoms with E-state index in [0.29, 0.717) is 21.2 Å². The van der Waals surface area contributed by atoms with E-state index in [4.69, 9.17) is 11.6 Å². The van der Waals surface area contributed by atoms with Gasteiger partial charge in [-0.3, -0.25) is 9.59 Å². The van der Waals surface area contributed by atoms with E-state index < -0.39 is 0 Å². The van der Waals surface area contributed by atoms with Crippen LogP contribution in [0.1, 0.15) is 37.7 Å². The molecular weight excluding hydrogens is 392 g/mol. The molecule has 28 heavy (non-hydrogen) atoms. The molecule has 0 bridgehead atoms. The van der Waals surface area contributed by atoms with Gasteiger partial charge >= 0.3 is 0 Å². The quantitative estimate of drug-likeness (QED) is 0.731. The second-order valence-corrected chi connectivity index (χ2v) is 8.83. The maximum atomic E-state index is 12.6. The number of hydrogen-bond donors (Lipinski definition) is 1. The minimum atomic E-state index is -0.283. The summed E-state index contributed by atoms with van der Waals surface area (Å²) in [6.45, 7) is 0. The lowest BCUT2D eigenvalue weighted by atomic mass is 9.95. The summed E-state index contributed by atoms with van der Waals surface area (Å²) < 4.78 is 0. The zero-order chi connectivity index (χ0) is 19.5. The minimum Gasteiger partial charge on any atom is -0.349 e. The highest BCUT2D eigenvalue weighted by molar-refractivity contribution is 8.05. The minimum absolute atomic E-state index is 0.0608. The van der Waals surface area contributed by atoms with Crippen molar-refractivity contribution in [1.29, 1.82) is 0 Å². The fourth-order valence-corrected chi connectivity index (χ4v) is 4.86. The average molecular weight is 413 g/mol. The number of nitrogens with one attached hydrogen (secondary N) is 1. The third-order valence-corrected chi connectivity index (χ3v) is 6.52.